The average molecular weight is 212 g/mol. The minimum atomic E-state index is 0.589. The van der Waals surface area contributed by atoms with E-state index in [2.05, 4.69) is 16.5 Å². The van der Waals surface area contributed by atoms with Crippen LogP contribution in [0.2, 0.25) is 0 Å². The number of para-hydroxylation sites is 1. The number of anilines is 1. The zero-order valence-corrected chi connectivity index (χ0v) is 9.23. The van der Waals surface area contributed by atoms with E-state index in [-0.39, 0.29) is 0 Å². The Hall–Kier alpha value is -2.28. The molecule has 4 nitrogen and oxygen atoms in total. The summed E-state index contributed by atoms with van der Waals surface area (Å²) in [6, 6.07) is 11.9. The van der Waals surface area contributed by atoms with E-state index in [1.54, 1.807) is 11.7 Å². The van der Waals surface area contributed by atoms with Gasteiger partial charge in [-0.25, -0.2) is 4.68 Å². The van der Waals surface area contributed by atoms with Gasteiger partial charge in [0.2, 0.25) is 0 Å². The molecule has 0 saturated heterocycles. The van der Waals surface area contributed by atoms with Gasteiger partial charge in [0.05, 0.1) is 11.4 Å². The highest BCUT2D eigenvalue weighted by Gasteiger charge is 2.14. The van der Waals surface area contributed by atoms with Crippen LogP contribution in [0.25, 0.3) is 5.69 Å². The van der Waals surface area contributed by atoms with E-state index < -0.39 is 0 Å². The number of hydrogen-bond acceptors (Lipinski definition) is 3. The van der Waals surface area contributed by atoms with Gasteiger partial charge in [-0.15, -0.1) is 0 Å². The number of rotatable bonds is 2. The summed E-state index contributed by atoms with van der Waals surface area (Å²) < 4.78 is 1.74. The molecule has 1 heterocycles. The van der Waals surface area contributed by atoms with Gasteiger partial charge < -0.3 is 5.32 Å². The molecule has 1 N–H and O–H groups in total. The van der Waals surface area contributed by atoms with Crippen LogP contribution >= 0.6 is 0 Å². The van der Waals surface area contributed by atoms with Crippen molar-refractivity contribution in [3.63, 3.8) is 0 Å². The van der Waals surface area contributed by atoms with Crippen molar-refractivity contribution in [2.45, 2.75) is 6.92 Å². The molecule has 80 valence electrons. The van der Waals surface area contributed by atoms with E-state index in [1.165, 1.54) is 0 Å². The summed E-state index contributed by atoms with van der Waals surface area (Å²) in [6.07, 6.45) is 0. The molecule has 0 fully saturated rings. The van der Waals surface area contributed by atoms with Gasteiger partial charge in [0.1, 0.15) is 17.5 Å². The summed E-state index contributed by atoms with van der Waals surface area (Å²) in [6.45, 7) is 1.83. The summed E-state index contributed by atoms with van der Waals surface area (Å²) in [5, 5.41) is 16.4. The molecule has 2 aromatic rings. The molecule has 0 spiro atoms. The van der Waals surface area contributed by atoms with Crippen LogP contribution in [0.5, 0.6) is 0 Å². The van der Waals surface area contributed by atoms with Crippen molar-refractivity contribution in [2.75, 3.05) is 12.4 Å². The van der Waals surface area contributed by atoms with Crippen LogP contribution in [0.3, 0.4) is 0 Å². The Morgan fingerprint density at radius 3 is 2.56 bits per heavy atom. The Labute approximate surface area is 94.1 Å². The highest BCUT2D eigenvalue weighted by atomic mass is 15.3. The fraction of sp³-hybridized carbons (Fsp3) is 0.167. The van der Waals surface area contributed by atoms with Gasteiger partial charge in [0, 0.05) is 7.05 Å². The summed E-state index contributed by atoms with van der Waals surface area (Å²) in [4.78, 5) is 0. The van der Waals surface area contributed by atoms with E-state index in [0.29, 0.717) is 5.56 Å². The minimum absolute atomic E-state index is 0.589. The topological polar surface area (TPSA) is 53.6 Å². The molecule has 0 saturated carbocycles. The second kappa shape index (κ2) is 4.07. The van der Waals surface area contributed by atoms with E-state index in [0.717, 1.165) is 17.2 Å². The lowest BCUT2D eigenvalue weighted by molar-refractivity contribution is 0.867. The van der Waals surface area contributed by atoms with Crippen LogP contribution in [-0.2, 0) is 0 Å². The quantitative estimate of drug-likeness (QED) is 0.829. The summed E-state index contributed by atoms with van der Waals surface area (Å²) in [5.74, 6) is 0.728. The maximum atomic E-state index is 9.05. The first-order valence-corrected chi connectivity index (χ1v) is 5.01. The molecule has 0 bridgehead atoms. The molecule has 0 aliphatic rings. The van der Waals surface area contributed by atoms with Crippen LogP contribution in [0, 0.1) is 18.3 Å². The Balaban J connectivity index is 2.63. The van der Waals surface area contributed by atoms with Crippen molar-refractivity contribution in [3.05, 3.63) is 41.6 Å². The fourth-order valence-electron chi connectivity index (χ4n) is 1.65. The van der Waals surface area contributed by atoms with Crippen LogP contribution < -0.4 is 5.32 Å². The molecule has 0 radical (unpaired) electrons. The molecule has 16 heavy (non-hydrogen) atoms. The third-order valence-electron chi connectivity index (χ3n) is 2.41. The van der Waals surface area contributed by atoms with Crippen molar-refractivity contribution in [2.24, 2.45) is 0 Å². The van der Waals surface area contributed by atoms with Gasteiger partial charge >= 0.3 is 0 Å². The van der Waals surface area contributed by atoms with Crippen LogP contribution in [0.4, 0.5) is 5.82 Å². The number of nitrogens with one attached hydrogen (secondary N) is 1. The Morgan fingerprint density at radius 2 is 2.00 bits per heavy atom. The number of aromatic nitrogens is 2. The number of nitriles is 1. The third kappa shape index (κ3) is 1.52. The first kappa shape index (κ1) is 10.2. The predicted molar refractivity (Wildman–Crippen MR) is 62.6 cm³/mol. The standard InChI is InChI=1S/C12H12N4/c1-9-11(8-13)12(14-2)16(15-9)10-6-4-3-5-7-10/h3-7,14H,1-2H3. The fourth-order valence-corrected chi connectivity index (χ4v) is 1.65. The van der Waals surface area contributed by atoms with E-state index in [9.17, 15) is 0 Å². The molecule has 1 aromatic carbocycles. The molecule has 0 aliphatic carbocycles. The zero-order valence-electron chi connectivity index (χ0n) is 9.23. The molecule has 0 amide bonds. The maximum Gasteiger partial charge on any atom is 0.147 e. The van der Waals surface area contributed by atoms with Gasteiger partial charge in [-0.1, -0.05) is 18.2 Å². The lowest BCUT2D eigenvalue weighted by Gasteiger charge is -2.06. The lowest BCUT2D eigenvalue weighted by atomic mass is 10.2. The highest BCUT2D eigenvalue weighted by Crippen LogP contribution is 2.21. The second-order valence-corrected chi connectivity index (χ2v) is 3.42. The average Bonchev–Trinajstić information content (AvgIpc) is 2.66. The van der Waals surface area contributed by atoms with Crippen LogP contribution in [0.1, 0.15) is 11.3 Å². The lowest BCUT2D eigenvalue weighted by Crippen LogP contribution is -2.02. The monoisotopic (exact) mass is 212 g/mol. The summed E-state index contributed by atoms with van der Waals surface area (Å²) in [7, 11) is 1.79. The van der Waals surface area contributed by atoms with E-state index in [4.69, 9.17) is 5.26 Å². The Bertz CT molecular complexity index is 534. The highest BCUT2D eigenvalue weighted by molar-refractivity contribution is 5.58. The van der Waals surface area contributed by atoms with Crippen LogP contribution in [0.15, 0.2) is 30.3 Å². The minimum Gasteiger partial charge on any atom is -0.372 e. The van der Waals surface area contributed by atoms with Crippen molar-refractivity contribution in [1.82, 2.24) is 9.78 Å². The zero-order chi connectivity index (χ0) is 11.5. The molecule has 2 rings (SSSR count). The number of hydrogen-bond donors (Lipinski definition) is 1. The first-order chi connectivity index (χ1) is 7.77. The van der Waals surface area contributed by atoms with Crippen molar-refractivity contribution < 1.29 is 0 Å². The smallest absolute Gasteiger partial charge is 0.147 e. The molecular weight excluding hydrogens is 200 g/mol. The molecular formula is C12H12N4. The van der Waals surface area contributed by atoms with Gasteiger partial charge in [-0.05, 0) is 19.1 Å². The summed E-state index contributed by atoms with van der Waals surface area (Å²) >= 11 is 0. The third-order valence-corrected chi connectivity index (χ3v) is 2.41. The van der Waals surface area contributed by atoms with E-state index in [1.807, 2.05) is 37.3 Å². The SMILES string of the molecule is CNc1c(C#N)c(C)nn1-c1ccccc1. The van der Waals surface area contributed by atoms with Gasteiger partial charge in [-0.3, -0.25) is 0 Å². The van der Waals surface area contributed by atoms with Gasteiger partial charge in [-0.2, -0.15) is 10.4 Å². The number of benzene rings is 1. The Morgan fingerprint density at radius 1 is 1.31 bits per heavy atom. The normalized spacial score (nSPS) is 9.81. The Kier molecular flexibility index (Phi) is 2.61. The van der Waals surface area contributed by atoms with Gasteiger partial charge in [0.25, 0.3) is 0 Å². The predicted octanol–water partition coefficient (Wildman–Crippen LogP) is 2.09. The molecule has 0 atom stereocenters. The number of nitrogens with zero attached hydrogens (tertiary/aromatic N) is 3. The number of aryl methyl sites for hydroxylation is 1. The summed E-state index contributed by atoms with van der Waals surface area (Å²) in [5.41, 5.74) is 2.26. The molecule has 0 aliphatic heterocycles. The van der Waals surface area contributed by atoms with Gasteiger partial charge in [0.15, 0.2) is 0 Å². The molecule has 1 aromatic heterocycles. The largest absolute Gasteiger partial charge is 0.372 e. The second-order valence-electron chi connectivity index (χ2n) is 3.42. The van der Waals surface area contributed by atoms with E-state index >= 15 is 0 Å². The molecule has 0 unspecified atom stereocenters. The first-order valence-electron chi connectivity index (χ1n) is 5.01. The molecule has 4 heteroatoms. The van der Waals surface area contributed by atoms with Crippen molar-refractivity contribution in [1.29, 1.82) is 5.26 Å². The van der Waals surface area contributed by atoms with Crippen molar-refractivity contribution >= 4 is 5.82 Å². The van der Waals surface area contributed by atoms with Crippen molar-refractivity contribution in [3.8, 4) is 11.8 Å². The maximum absolute atomic E-state index is 9.05. The van der Waals surface area contributed by atoms with Crippen LogP contribution in [-0.4, -0.2) is 16.8 Å².